The van der Waals surface area contributed by atoms with Crippen LogP contribution < -0.4 is 10.2 Å². The summed E-state index contributed by atoms with van der Waals surface area (Å²) in [5.74, 6) is 1.89. The van der Waals surface area contributed by atoms with Crippen LogP contribution in [-0.4, -0.2) is 53.0 Å². The van der Waals surface area contributed by atoms with E-state index in [-0.39, 0.29) is 6.04 Å². The van der Waals surface area contributed by atoms with Gasteiger partial charge < -0.3 is 19.5 Å². The summed E-state index contributed by atoms with van der Waals surface area (Å²) in [7, 11) is 0. The van der Waals surface area contributed by atoms with Gasteiger partial charge in [0.1, 0.15) is 11.9 Å². The third kappa shape index (κ3) is 4.26. The second-order valence-electron chi connectivity index (χ2n) is 9.71. The average molecular weight is 461 g/mol. The molecule has 0 saturated carbocycles. The predicted octanol–water partition coefficient (Wildman–Crippen LogP) is 4.21. The van der Waals surface area contributed by atoms with E-state index in [9.17, 15) is 5.26 Å². The van der Waals surface area contributed by atoms with E-state index in [1.54, 1.807) is 0 Å². The molecule has 2 aromatic heterocycles. The zero-order chi connectivity index (χ0) is 23.8. The van der Waals surface area contributed by atoms with Crippen LogP contribution in [0.3, 0.4) is 0 Å². The highest BCUT2D eigenvalue weighted by Gasteiger charge is 2.31. The number of aryl methyl sites for hydroxylation is 3. The van der Waals surface area contributed by atoms with Gasteiger partial charge in [0, 0.05) is 37.2 Å². The van der Waals surface area contributed by atoms with E-state index in [4.69, 9.17) is 14.2 Å². The molecule has 1 N–H and O–H groups in total. The zero-order valence-corrected chi connectivity index (χ0v) is 20.4. The molecular formula is C26H32N6O2. The molecule has 8 nitrogen and oxygen atoms in total. The van der Waals surface area contributed by atoms with E-state index in [1.807, 2.05) is 19.9 Å². The van der Waals surface area contributed by atoms with E-state index in [1.165, 1.54) is 0 Å². The molecule has 1 aromatic carbocycles. The number of hydrogen-bond acceptors (Lipinski definition) is 8. The smallest absolute Gasteiger partial charge is 0.261 e. The Labute approximate surface area is 200 Å². The maximum absolute atomic E-state index is 9.81. The lowest BCUT2D eigenvalue weighted by molar-refractivity contribution is 0.106. The van der Waals surface area contributed by atoms with Gasteiger partial charge in [-0.25, -0.2) is 4.98 Å². The first-order valence-electron chi connectivity index (χ1n) is 12.2. The van der Waals surface area contributed by atoms with Crippen LogP contribution >= 0.6 is 0 Å². The minimum absolute atomic E-state index is 0.263. The summed E-state index contributed by atoms with van der Waals surface area (Å²) < 4.78 is 11.4. The molecular weight excluding hydrogens is 428 g/mol. The molecule has 2 aliphatic heterocycles. The normalized spacial score (nSPS) is 22.9. The van der Waals surface area contributed by atoms with Crippen molar-refractivity contribution in [1.82, 2.24) is 20.4 Å². The molecule has 3 aromatic rings. The monoisotopic (exact) mass is 460 g/mol. The van der Waals surface area contributed by atoms with Gasteiger partial charge in [0.25, 0.3) is 5.89 Å². The summed E-state index contributed by atoms with van der Waals surface area (Å²) in [6, 6.07) is 7.03. The molecule has 2 saturated heterocycles. The summed E-state index contributed by atoms with van der Waals surface area (Å²) in [5, 5.41) is 18.5. The number of piperidine rings is 1. The van der Waals surface area contributed by atoms with E-state index in [0.717, 1.165) is 78.8 Å². The molecule has 178 valence electrons. The lowest BCUT2D eigenvalue weighted by atomic mass is 9.95. The topological polar surface area (TPSA) is 100 Å². The highest BCUT2D eigenvalue weighted by molar-refractivity contribution is 5.95. The molecule has 4 heterocycles. The second-order valence-corrected chi connectivity index (χ2v) is 9.71. The van der Waals surface area contributed by atoms with Gasteiger partial charge in [0.15, 0.2) is 5.82 Å². The highest BCUT2D eigenvalue weighted by Crippen LogP contribution is 2.39. The highest BCUT2D eigenvalue weighted by atomic mass is 16.5. The van der Waals surface area contributed by atoms with E-state index < -0.39 is 0 Å². The molecule has 0 unspecified atom stereocenters. The van der Waals surface area contributed by atoms with Crippen LogP contribution in [0.1, 0.15) is 55.1 Å². The number of aromatic nitrogens is 3. The number of fused-ring (bicyclic) bond motifs is 1. The Hall–Kier alpha value is -3.02. The minimum atomic E-state index is 0.263. The summed E-state index contributed by atoms with van der Waals surface area (Å²) in [5.41, 5.74) is 4.22. The van der Waals surface area contributed by atoms with Crippen molar-refractivity contribution in [1.29, 1.82) is 5.26 Å². The summed E-state index contributed by atoms with van der Waals surface area (Å²) in [6.07, 6.45) is 4.67. The first kappa shape index (κ1) is 22.8. The fraction of sp³-hybridized carbons (Fsp3) is 0.538. The largest absolute Gasteiger partial charge is 0.377 e. The van der Waals surface area contributed by atoms with Crippen molar-refractivity contribution < 1.29 is 9.26 Å². The molecule has 5 rings (SSSR count). The van der Waals surface area contributed by atoms with Gasteiger partial charge in [0.2, 0.25) is 0 Å². The van der Waals surface area contributed by atoms with E-state index in [0.29, 0.717) is 29.4 Å². The average Bonchev–Trinajstić information content (AvgIpc) is 3.49. The standard InChI is InChI=1S/C26H32N6O2/c1-15-10-19(13-27)24-22(11-15)17(3)23(26-29-18(4)31-34-26)25(30-24)32-8-7-20(12-16(32)2)28-14-21-6-5-9-33-21/h10-11,16,20-21,28H,5-9,12,14H2,1-4H3/t16-,20-,21+/m1/s1. The number of pyridine rings is 1. The number of ether oxygens (including phenoxy) is 1. The van der Waals surface area contributed by atoms with Gasteiger partial charge in [-0.05, 0) is 76.6 Å². The number of nitrogens with zero attached hydrogens (tertiary/aromatic N) is 5. The third-order valence-electron chi connectivity index (χ3n) is 7.14. The molecule has 34 heavy (non-hydrogen) atoms. The fourth-order valence-corrected chi connectivity index (χ4v) is 5.37. The number of hydrogen-bond donors (Lipinski definition) is 1. The number of benzene rings is 1. The quantitative estimate of drug-likeness (QED) is 0.604. The molecule has 2 aliphatic rings. The van der Waals surface area contributed by atoms with Crippen molar-refractivity contribution in [2.24, 2.45) is 0 Å². The Morgan fingerprint density at radius 2 is 2.06 bits per heavy atom. The van der Waals surface area contributed by atoms with Crippen LogP contribution in [0.15, 0.2) is 16.7 Å². The molecule has 8 heteroatoms. The van der Waals surface area contributed by atoms with Crippen molar-refractivity contribution in [3.63, 3.8) is 0 Å². The van der Waals surface area contributed by atoms with Gasteiger partial charge >= 0.3 is 0 Å². The van der Waals surface area contributed by atoms with Gasteiger partial charge in [-0.3, -0.25) is 0 Å². The SMILES string of the molecule is Cc1cc(C#N)c2nc(N3CC[C@@H](NC[C@@H]4CCCO4)C[C@H]3C)c(-c3nc(C)no3)c(C)c2c1. The Bertz CT molecular complexity index is 1240. The van der Waals surface area contributed by atoms with Crippen molar-refractivity contribution >= 4 is 16.7 Å². The van der Waals surface area contributed by atoms with Crippen molar-refractivity contribution in [2.75, 3.05) is 24.6 Å². The number of rotatable bonds is 5. The van der Waals surface area contributed by atoms with E-state index in [2.05, 4.69) is 46.3 Å². The maximum Gasteiger partial charge on any atom is 0.261 e. The van der Waals surface area contributed by atoms with Gasteiger partial charge in [-0.15, -0.1) is 0 Å². The Balaban J connectivity index is 1.51. The zero-order valence-electron chi connectivity index (χ0n) is 20.4. The van der Waals surface area contributed by atoms with Gasteiger partial charge in [0.05, 0.1) is 22.7 Å². The Kier molecular flexibility index (Phi) is 6.24. The minimum Gasteiger partial charge on any atom is -0.377 e. The molecule has 3 atom stereocenters. The summed E-state index contributed by atoms with van der Waals surface area (Å²) in [6.45, 7) is 10.8. The Morgan fingerprint density at radius 1 is 1.21 bits per heavy atom. The summed E-state index contributed by atoms with van der Waals surface area (Å²) in [4.78, 5) is 12.0. The maximum atomic E-state index is 9.81. The second kappa shape index (κ2) is 9.32. The van der Waals surface area contributed by atoms with Crippen molar-refractivity contribution in [3.8, 4) is 17.5 Å². The molecule has 0 spiro atoms. The first-order chi connectivity index (χ1) is 16.4. The van der Waals surface area contributed by atoms with Crippen LogP contribution in [0.2, 0.25) is 0 Å². The number of anilines is 1. The summed E-state index contributed by atoms with van der Waals surface area (Å²) >= 11 is 0. The first-order valence-corrected chi connectivity index (χ1v) is 12.2. The molecule has 0 bridgehead atoms. The van der Waals surface area contributed by atoms with Crippen LogP contribution in [0.4, 0.5) is 5.82 Å². The van der Waals surface area contributed by atoms with Gasteiger partial charge in [-0.1, -0.05) is 5.16 Å². The Morgan fingerprint density at radius 3 is 2.74 bits per heavy atom. The van der Waals surface area contributed by atoms with Crippen LogP contribution in [-0.2, 0) is 4.74 Å². The third-order valence-corrected chi connectivity index (χ3v) is 7.14. The predicted molar refractivity (Wildman–Crippen MR) is 131 cm³/mol. The molecule has 2 fully saturated rings. The lowest BCUT2D eigenvalue weighted by Gasteiger charge is -2.40. The van der Waals surface area contributed by atoms with E-state index >= 15 is 0 Å². The van der Waals surface area contributed by atoms with Crippen LogP contribution in [0.5, 0.6) is 0 Å². The molecule has 0 amide bonds. The number of nitrogens with one attached hydrogen (secondary N) is 1. The molecule has 0 aliphatic carbocycles. The fourth-order valence-electron chi connectivity index (χ4n) is 5.37. The molecule has 0 radical (unpaired) electrons. The number of nitriles is 1. The van der Waals surface area contributed by atoms with Crippen molar-refractivity contribution in [3.05, 3.63) is 34.6 Å². The van der Waals surface area contributed by atoms with Crippen molar-refractivity contribution in [2.45, 2.75) is 71.6 Å². The van der Waals surface area contributed by atoms with Gasteiger partial charge in [-0.2, -0.15) is 10.2 Å². The van der Waals surface area contributed by atoms with Crippen LogP contribution in [0, 0.1) is 32.1 Å². The van der Waals surface area contributed by atoms with Crippen LogP contribution in [0.25, 0.3) is 22.4 Å². The lowest BCUT2D eigenvalue weighted by Crippen LogP contribution is -2.49.